The Balaban J connectivity index is 1.68. The molecular weight excluding hydrogens is 388 g/mol. The minimum atomic E-state index is 0.0274. The number of rotatable bonds is 5. The number of aromatic nitrogens is 1. The molecule has 0 aliphatic heterocycles. The van der Waals surface area contributed by atoms with Gasteiger partial charge in [-0.1, -0.05) is 83.1 Å². The molecule has 5 heteroatoms. The molecule has 0 spiro atoms. The van der Waals surface area contributed by atoms with Crippen molar-refractivity contribution in [2.45, 2.75) is 19.9 Å². The molecule has 0 fully saturated rings. The van der Waals surface area contributed by atoms with Crippen LogP contribution in [0.4, 0.5) is 5.13 Å². The van der Waals surface area contributed by atoms with Crippen LogP contribution < -0.4 is 4.90 Å². The molecule has 0 unspecified atom stereocenters. The summed E-state index contributed by atoms with van der Waals surface area (Å²) >= 11 is 7.61. The van der Waals surface area contributed by atoms with Crippen LogP contribution in [0.15, 0.2) is 72.8 Å². The van der Waals surface area contributed by atoms with Crippen molar-refractivity contribution < 1.29 is 4.79 Å². The second kappa shape index (κ2) is 8.13. The largest absolute Gasteiger partial charge is 0.283 e. The van der Waals surface area contributed by atoms with E-state index in [1.165, 1.54) is 11.3 Å². The SMILES string of the molecule is Cc1cccc(CC(=O)N(Cc2ccccc2)c2nc3ccc(Cl)cc3s2)c1. The van der Waals surface area contributed by atoms with Crippen LogP contribution in [-0.2, 0) is 17.8 Å². The highest BCUT2D eigenvalue weighted by atomic mass is 35.5. The van der Waals surface area contributed by atoms with Crippen molar-refractivity contribution in [1.29, 1.82) is 0 Å². The molecule has 28 heavy (non-hydrogen) atoms. The number of amides is 1. The highest BCUT2D eigenvalue weighted by Gasteiger charge is 2.20. The number of benzene rings is 3. The lowest BCUT2D eigenvalue weighted by atomic mass is 10.1. The summed E-state index contributed by atoms with van der Waals surface area (Å²) < 4.78 is 0.976. The fourth-order valence-electron chi connectivity index (χ4n) is 3.12. The Morgan fingerprint density at radius 1 is 1.00 bits per heavy atom. The molecule has 0 bridgehead atoms. The van der Waals surface area contributed by atoms with Crippen LogP contribution in [0, 0.1) is 6.92 Å². The van der Waals surface area contributed by atoms with Crippen molar-refractivity contribution in [1.82, 2.24) is 4.98 Å². The van der Waals surface area contributed by atoms with Gasteiger partial charge >= 0.3 is 0 Å². The van der Waals surface area contributed by atoms with Gasteiger partial charge < -0.3 is 0 Å². The van der Waals surface area contributed by atoms with Crippen LogP contribution in [0.5, 0.6) is 0 Å². The zero-order chi connectivity index (χ0) is 19.5. The molecule has 0 aliphatic rings. The zero-order valence-corrected chi connectivity index (χ0v) is 17.0. The van der Waals surface area contributed by atoms with Crippen molar-refractivity contribution in [3.63, 3.8) is 0 Å². The summed E-state index contributed by atoms with van der Waals surface area (Å²) in [4.78, 5) is 19.7. The van der Waals surface area contributed by atoms with E-state index in [2.05, 4.69) is 6.07 Å². The topological polar surface area (TPSA) is 33.2 Å². The maximum absolute atomic E-state index is 13.2. The maximum atomic E-state index is 13.2. The van der Waals surface area contributed by atoms with Crippen molar-refractivity contribution >= 4 is 44.2 Å². The monoisotopic (exact) mass is 406 g/mol. The Hall–Kier alpha value is -2.69. The highest BCUT2D eigenvalue weighted by molar-refractivity contribution is 7.22. The van der Waals surface area contributed by atoms with Gasteiger partial charge in [-0.3, -0.25) is 9.69 Å². The second-order valence-corrected chi connectivity index (χ2v) is 8.19. The van der Waals surface area contributed by atoms with Crippen LogP contribution in [0.3, 0.4) is 0 Å². The molecule has 0 saturated heterocycles. The van der Waals surface area contributed by atoms with Crippen molar-refractivity contribution in [3.05, 3.63) is 94.5 Å². The van der Waals surface area contributed by atoms with Gasteiger partial charge in [-0.25, -0.2) is 4.98 Å². The van der Waals surface area contributed by atoms with Gasteiger partial charge in [0.05, 0.1) is 23.2 Å². The number of thiazole rings is 1. The molecule has 0 aliphatic carbocycles. The molecule has 0 saturated carbocycles. The van der Waals surface area contributed by atoms with Crippen molar-refractivity contribution in [2.75, 3.05) is 4.90 Å². The first-order valence-corrected chi connectivity index (χ1v) is 10.2. The van der Waals surface area contributed by atoms with Crippen LogP contribution >= 0.6 is 22.9 Å². The summed E-state index contributed by atoms with van der Waals surface area (Å²) in [5.74, 6) is 0.0274. The van der Waals surface area contributed by atoms with Crippen LogP contribution in [0.2, 0.25) is 5.02 Å². The van der Waals surface area contributed by atoms with Crippen LogP contribution in [0.1, 0.15) is 16.7 Å². The average molecular weight is 407 g/mol. The number of carbonyl (C=O) groups is 1. The lowest BCUT2D eigenvalue weighted by Crippen LogP contribution is -2.31. The van der Waals surface area contributed by atoms with E-state index in [1.54, 1.807) is 4.90 Å². The fraction of sp³-hybridized carbons (Fsp3) is 0.130. The van der Waals surface area contributed by atoms with E-state index in [-0.39, 0.29) is 5.91 Å². The summed E-state index contributed by atoms with van der Waals surface area (Å²) in [6.07, 6.45) is 0.338. The number of halogens is 1. The molecule has 0 atom stereocenters. The van der Waals surface area contributed by atoms with E-state index in [9.17, 15) is 4.79 Å². The third-order valence-electron chi connectivity index (χ3n) is 4.49. The van der Waals surface area contributed by atoms with E-state index in [0.29, 0.717) is 23.1 Å². The van der Waals surface area contributed by atoms with Gasteiger partial charge in [0.1, 0.15) is 0 Å². The predicted molar refractivity (Wildman–Crippen MR) is 117 cm³/mol. The lowest BCUT2D eigenvalue weighted by molar-refractivity contribution is -0.118. The fourth-order valence-corrected chi connectivity index (χ4v) is 4.38. The lowest BCUT2D eigenvalue weighted by Gasteiger charge is -2.20. The Kier molecular flexibility index (Phi) is 5.42. The van der Waals surface area contributed by atoms with Gasteiger partial charge in [-0.15, -0.1) is 0 Å². The van der Waals surface area contributed by atoms with Crippen molar-refractivity contribution in [3.8, 4) is 0 Å². The molecule has 0 N–H and O–H groups in total. The van der Waals surface area contributed by atoms with Gasteiger partial charge in [0.2, 0.25) is 5.91 Å². The van der Waals surface area contributed by atoms with Gasteiger partial charge in [0.15, 0.2) is 5.13 Å². The number of nitrogens with zero attached hydrogens (tertiary/aromatic N) is 2. The van der Waals surface area contributed by atoms with Crippen LogP contribution in [0.25, 0.3) is 10.2 Å². The highest BCUT2D eigenvalue weighted by Crippen LogP contribution is 2.32. The molecule has 1 amide bonds. The van der Waals surface area contributed by atoms with E-state index >= 15 is 0 Å². The molecule has 4 rings (SSSR count). The normalized spacial score (nSPS) is 10.9. The Morgan fingerprint density at radius 2 is 1.79 bits per heavy atom. The quantitative estimate of drug-likeness (QED) is 0.405. The van der Waals surface area contributed by atoms with E-state index in [0.717, 1.165) is 26.9 Å². The third kappa shape index (κ3) is 4.24. The number of aryl methyl sites for hydroxylation is 1. The minimum absolute atomic E-state index is 0.0274. The van der Waals surface area contributed by atoms with E-state index in [1.807, 2.05) is 73.7 Å². The number of hydrogen-bond acceptors (Lipinski definition) is 3. The molecule has 140 valence electrons. The molecule has 3 aromatic carbocycles. The molecule has 3 nitrogen and oxygen atoms in total. The number of fused-ring (bicyclic) bond motifs is 1. The number of carbonyl (C=O) groups excluding carboxylic acids is 1. The molecule has 0 radical (unpaired) electrons. The molecular formula is C23H19ClN2OS. The molecule has 1 aromatic heterocycles. The number of anilines is 1. The molecule has 1 heterocycles. The number of hydrogen-bond donors (Lipinski definition) is 0. The zero-order valence-electron chi connectivity index (χ0n) is 15.4. The first-order chi connectivity index (χ1) is 13.6. The van der Waals surface area contributed by atoms with Gasteiger partial charge in [0, 0.05) is 5.02 Å². The van der Waals surface area contributed by atoms with E-state index in [4.69, 9.17) is 16.6 Å². The average Bonchev–Trinajstić information content (AvgIpc) is 3.09. The summed E-state index contributed by atoms with van der Waals surface area (Å²) in [5, 5.41) is 1.36. The second-order valence-electron chi connectivity index (χ2n) is 6.74. The summed E-state index contributed by atoms with van der Waals surface area (Å²) in [7, 11) is 0. The van der Waals surface area contributed by atoms with E-state index < -0.39 is 0 Å². The first-order valence-electron chi connectivity index (χ1n) is 9.04. The summed E-state index contributed by atoms with van der Waals surface area (Å²) in [5.41, 5.74) is 4.07. The van der Waals surface area contributed by atoms with Crippen molar-refractivity contribution in [2.24, 2.45) is 0 Å². The van der Waals surface area contributed by atoms with Crippen LogP contribution in [-0.4, -0.2) is 10.9 Å². The van der Waals surface area contributed by atoms with Gasteiger partial charge in [-0.2, -0.15) is 0 Å². The Labute approximate surface area is 173 Å². The Bertz CT molecular complexity index is 1120. The minimum Gasteiger partial charge on any atom is -0.283 e. The van der Waals surface area contributed by atoms with Gasteiger partial charge in [-0.05, 0) is 36.2 Å². The maximum Gasteiger partial charge on any atom is 0.233 e. The smallest absolute Gasteiger partial charge is 0.233 e. The first kappa shape index (κ1) is 18.7. The third-order valence-corrected chi connectivity index (χ3v) is 5.77. The predicted octanol–water partition coefficient (Wildman–Crippen LogP) is 6.03. The Morgan fingerprint density at radius 3 is 2.57 bits per heavy atom. The molecule has 4 aromatic rings. The summed E-state index contributed by atoms with van der Waals surface area (Å²) in [6.45, 7) is 2.52. The summed E-state index contributed by atoms with van der Waals surface area (Å²) in [6, 6.07) is 23.7. The van der Waals surface area contributed by atoms with Gasteiger partial charge in [0.25, 0.3) is 0 Å². The standard InChI is InChI=1S/C23H19ClN2OS/c1-16-6-5-9-18(12-16)13-22(27)26(15-17-7-3-2-4-8-17)23-25-20-11-10-19(24)14-21(20)28-23/h2-12,14H,13,15H2,1H3.